The van der Waals surface area contributed by atoms with Crippen LogP contribution in [0.25, 0.3) is 6.08 Å². The molecule has 0 radical (unpaired) electrons. The van der Waals surface area contributed by atoms with E-state index in [0.717, 1.165) is 11.1 Å². The van der Waals surface area contributed by atoms with Crippen molar-refractivity contribution in [1.82, 2.24) is 5.32 Å². The highest BCUT2D eigenvalue weighted by Gasteiger charge is 2.06. The molecule has 0 saturated heterocycles. The molecule has 0 aromatic heterocycles. The van der Waals surface area contributed by atoms with Gasteiger partial charge >= 0.3 is 0 Å². The zero-order valence-corrected chi connectivity index (χ0v) is 12.4. The van der Waals surface area contributed by atoms with Gasteiger partial charge in [0.25, 0.3) is 5.91 Å². The summed E-state index contributed by atoms with van der Waals surface area (Å²) in [7, 11) is 0. The van der Waals surface area contributed by atoms with Crippen LogP contribution in [0.4, 0.5) is 0 Å². The molecule has 114 valence electrons. The molecule has 4 nitrogen and oxygen atoms in total. The fourth-order valence-electron chi connectivity index (χ4n) is 1.88. The third-order valence-electron chi connectivity index (χ3n) is 3.11. The molecule has 0 aliphatic rings. The fraction of sp³-hybridized carbons (Fsp3) is 0.0526. The van der Waals surface area contributed by atoms with E-state index in [1.54, 1.807) is 36.4 Å². The highest BCUT2D eigenvalue weighted by molar-refractivity contribution is 5.97. The summed E-state index contributed by atoms with van der Waals surface area (Å²) < 4.78 is 0. The number of benzene rings is 2. The minimum Gasteiger partial charge on any atom is -0.508 e. The van der Waals surface area contributed by atoms with Crippen molar-refractivity contribution in [3.8, 4) is 11.8 Å². The maximum Gasteiger partial charge on any atom is 0.262 e. The van der Waals surface area contributed by atoms with Gasteiger partial charge in [-0.05, 0) is 29.3 Å². The third kappa shape index (κ3) is 5.18. The molecular formula is C19H16N2O2. The van der Waals surface area contributed by atoms with Crippen molar-refractivity contribution in [2.45, 2.75) is 6.54 Å². The number of aromatic hydroxyl groups is 1. The van der Waals surface area contributed by atoms with Gasteiger partial charge in [-0.1, -0.05) is 54.6 Å². The number of nitriles is 1. The van der Waals surface area contributed by atoms with E-state index < -0.39 is 5.91 Å². The Bertz CT molecular complexity index is 754. The Morgan fingerprint density at radius 2 is 1.83 bits per heavy atom. The summed E-state index contributed by atoms with van der Waals surface area (Å²) in [6.07, 6.45) is 4.85. The Kier molecular flexibility index (Phi) is 5.73. The first kappa shape index (κ1) is 16.1. The van der Waals surface area contributed by atoms with Gasteiger partial charge in [0.2, 0.25) is 0 Å². The van der Waals surface area contributed by atoms with Gasteiger partial charge in [0.15, 0.2) is 0 Å². The van der Waals surface area contributed by atoms with E-state index in [1.807, 2.05) is 36.4 Å². The maximum atomic E-state index is 12.0. The number of amides is 1. The topological polar surface area (TPSA) is 73.1 Å². The molecule has 0 atom stereocenters. The summed E-state index contributed by atoms with van der Waals surface area (Å²) in [5.74, 6) is -0.220. The average Bonchev–Trinajstić information content (AvgIpc) is 2.59. The number of hydrogen-bond donors (Lipinski definition) is 2. The summed E-state index contributed by atoms with van der Waals surface area (Å²) in [6.45, 7) is 0.375. The second kappa shape index (κ2) is 8.20. The number of hydrogen-bond acceptors (Lipinski definition) is 3. The van der Waals surface area contributed by atoms with Crippen molar-refractivity contribution in [1.29, 1.82) is 5.26 Å². The Labute approximate surface area is 135 Å². The average molecular weight is 304 g/mol. The molecule has 0 heterocycles. The van der Waals surface area contributed by atoms with Crippen LogP contribution in [-0.4, -0.2) is 11.0 Å². The Balaban J connectivity index is 1.96. The predicted octanol–water partition coefficient (Wildman–Crippen LogP) is 3.17. The molecule has 0 bridgehead atoms. The van der Waals surface area contributed by atoms with Crippen LogP contribution in [0.1, 0.15) is 11.1 Å². The van der Waals surface area contributed by atoms with Crippen molar-refractivity contribution in [3.05, 3.63) is 83.4 Å². The van der Waals surface area contributed by atoms with E-state index >= 15 is 0 Å². The van der Waals surface area contributed by atoms with E-state index in [-0.39, 0.29) is 11.3 Å². The number of carbonyl (C=O) groups excluding carboxylic acids is 1. The van der Waals surface area contributed by atoms with E-state index in [9.17, 15) is 9.90 Å². The number of nitrogens with zero attached hydrogens (tertiary/aromatic N) is 1. The molecule has 0 unspecified atom stereocenters. The van der Waals surface area contributed by atoms with Crippen molar-refractivity contribution >= 4 is 12.0 Å². The summed E-state index contributed by atoms with van der Waals surface area (Å²) in [5.41, 5.74) is 1.87. The lowest BCUT2D eigenvalue weighted by atomic mass is 10.1. The zero-order valence-electron chi connectivity index (χ0n) is 12.4. The lowest BCUT2D eigenvalue weighted by Gasteiger charge is -2.03. The van der Waals surface area contributed by atoms with E-state index in [0.29, 0.717) is 6.54 Å². The van der Waals surface area contributed by atoms with Gasteiger partial charge in [0, 0.05) is 6.54 Å². The molecule has 2 aromatic carbocycles. The smallest absolute Gasteiger partial charge is 0.262 e. The van der Waals surface area contributed by atoms with Crippen LogP contribution in [0.5, 0.6) is 5.75 Å². The second-order valence-corrected chi connectivity index (χ2v) is 4.81. The van der Waals surface area contributed by atoms with Gasteiger partial charge in [-0.3, -0.25) is 4.79 Å². The highest BCUT2D eigenvalue weighted by Crippen LogP contribution is 2.11. The first-order valence-electron chi connectivity index (χ1n) is 7.08. The lowest BCUT2D eigenvalue weighted by molar-refractivity contribution is -0.117. The molecule has 0 aliphatic carbocycles. The molecule has 0 aliphatic heterocycles. The molecule has 2 N–H and O–H groups in total. The van der Waals surface area contributed by atoms with Crippen molar-refractivity contribution in [3.63, 3.8) is 0 Å². The first-order valence-corrected chi connectivity index (χ1v) is 7.08. The van der Waals surface area contributed by atoms with Crippen molar-refractivity contribution in [2.75, 3.05) is 0 Å². The molecule has 0 fully saturated rings. The normalized spacial score (nSPS) is 11.2. The first-order chi connectivity index (χ1) is 11.2. The standard InChI is InChI=1S/C19H16N2O2/c20-13-17(8-4-7-15-9-11-18(22)12-10-15)19(23)21-14-16-5-2-1-3-6-16/h1-12,22H,14H2,(H,21,23)/b7-4+,17-8+. The molecule has 2 rings (SSSR count). The summed E-state index contributed by atoms with van der Waals surface area (Å²) in [4.78, 5) is 12.0. The number of phenolic OH excluding ortho intramolecular Hbond substituents is 1. The summed E-state index contributed by atoms with van der Waals surface area (Å²) in [5, 5.41) is 21.0. The number of phenols is 1. The van der Waals surface area contributed by atoms with Crippen LogP contribution < -0.4 is 5.32 Å². The molecule has 2 aromatic rings. The van der Waals surface area contributed by atoms with E-state index in [1.165, 1.54) is 6.08 Å². The zero-order chi connectivity index (χ0) is 16.5. The van der Waals surface area contributed by atoms with Gasteiger partial charge in [-0.2, -0.15) is 5.26 Å². The fourth-order valence-corrected chi connectivity index (χ4v) is 1.88. The Morgan fingerprint density at radius 3 is 2.48 bits per heavy atom. The largest absolute Gasteiger partial charge is 0.508 e. The SMILES string of the molecule is N#C/C(=C\C=C\c1ccc(O)cc1)C(=O)NCc1ccccc1. The molecule has 1 amide bonds. The Morgan fingerprint density at radius 1 is 1.13 bits per heavy atom. The minimum absolute atomic E-state index is 0.0379. The van der Waals surface area contributed by atoms with Crippen LogP contribution in [0, 0.1) is 11.3 Å². The van der Waals surface area contributed by atoms with Crippen LogP contribution in [0.15, 0.2) is 72.3 Å². The number of carbonyl (C=O) groups is 1. The number of nitrogens with one attached hydrogen (secondary N) is 1. The van der Waals surface area contributed by atoms with Crippen molar-refractivity contribution < 1.29 is 9.90 Å². The maximum absolute atomic E-state index is 12.0. The third-order valence-corrected chi connectivity index (χ3v) is 3.11. The monoisotopic (exact) mass is 304 g/mol. The van der Waals surface area contributed by atoms with Crippen molar-refractivity contribution in [2.24, 2.45) is 0 Å². The van der Waals surface area contributed by atoms with Gasteiger partial charge in [-0.15, -0.1) is 0 Å². The highest BCUT2D eigenvalue weighted by atomic mass is 16.3. The van der Waals surface area contributed by atoms with Gasteiger partial charge in [-0.25, -0.2) is 0 Å². The molecule has 4 heteroatoms. The van der Waals surface area contributed by atoms with Crippen LogP contribution in [0.3, 0.4) is 0 Å². The molecular weight excluding hydrogens is 288 g/mol. The van der Waals surface area contributed by atoms with E-state index in [2.05, 4.69) is 5.32 Å². The predicted molar refractivity (Wildman–Crippen MR) is 89.1 cm³/mol. The summed E-state index contributed by atoms with van der Waals surface area (Å²) >= 11 is 0. The Hall–Kier alpha value is -3.32. The van der Waals surface area contributed by atoms with Gasteiger partial charge in [0.1, 0.15) is 17.4 Å². The summed E-state index contributed by atoms with van der Waals surface area (Å²) in [6, 6.07) is 18.0. The number of rotatable bonds is 5. The van der Waals surface area contributed by atoms with Crippen LogP contribution in [0.2, 0.25) is 0 Å². The molecule has 23 heavy (non-hydrogen) atoms. The quantitative estimate of drug-likeness (QED) is 0.506. The second-order valence-electron chi connectivity index (χ2n) is 4.81. The minimum atomic E-state index is -0.410. The van der Waals surface area contributed by atoms with Gasteiger partial charge < -0.3 is 10.4 Å². The van der Waals surface area contributed by atoms with E-state index in [4.69, 9.17) is 5.26 Å². The molecule has 0 saturated carbocycles. The number of allylic oxidation sites excluding steroid dienone is 2. The van der Waals surface area contributed by atoms with Crippen LogP contribution >= 0.6 is 0 Å². The molecule has 0 spiro atoms. The lowest BCUT2D eigenvalue weighted by Crippen LogP contribution is -2.23. The van der Waals surface area contributed by atoms with Gasteiger partial charge in [0.05, 0.1) is 0 Å². The van der Waals surface area contributed by atoms with Crippen LogP contribution in [-0.2, 0) is 11.3 Å².